The largest absolute Gasteiger partial charge is 0.479 e. The number of hydrogen-bond acceptors (Lipinski definition) is 6. The highest BCUT2D eigenvalue weighted by molar-refractivity contribution is 6.38. The normalized spacial score (nSPS) is 15.7. The second-order valence-electron chi connectivity index (χ2n) is 5.94. The van der Waals surface area contributed by atoms with Gasteiger partial charge >= 0.3 is 5.97 Å². The number of ether oxygens (including phenoxy) is 2. The fourth-order valence-electron chi connectivity index (χ4n) is 2.90. The van der Waals surface area contributed by atoms with Crippen LogP contribution in [0.5, 0.6) is 5.75 Å². The summed E-state index contributed by atoms with van der Waals surface area (Å²) in [6.07, 6.45) is 0.371. The molecule has 28 heavy (non-hydrogen) atoms. The molecule has 8 heteroatoms. The van der Waals surface area contributed by atoms with E-state index in [4.69, 9.17) is 37.9 Å². The van der Waals surface area contributed by atoms with Crippen LogP contribution in [0.1, 0.15) is 24.9 Å². The Balaban J connectivity index is 1.94. The van der Waals surface area contributed by atoms with Gasteiger partial charge in [-0.25, -0.2) is 4.79 Å². The summed E-state index contributed by atoms with van der Waals surface area (Å²) in [7, 11) is 0. The second kappa shape index (κ2) is 8.96. The van der Waals surface area contributed by atoms with Crippen molar-refractivity contribution in [2.24, 2.45) is 5.10 Å². The van der Waals surface area contributed by atoms with Gasteiger partial charge in [0.2, 0.25) is 0 Å². The average molecular weight is 418 g/mol. The van der Waals surface area contributed by atoms with E-state index in [1.165, 1.54) is 0 Å². The Labute approximate surface area is 172 Å². The third-order valence-corrected chi connectivity index (χ3v) is 4.68. The van der Waals surface area contributed by atoms with Gasteiger partial charge in [-0.15, -0.1) is 0 Å². The number of carbonyl (C=O) groups is 1. The lowest BCUT2D eigenvalue weighted by Gasteiger charge is -2.25. The third kappa shape index (κ3) is 4.38. The molecule has 6 nitrogen and oxygen atoms in total. The predicted molar refractivity (Wildman–Crippen MR) is 108 cm³/mol. The molecule has 0 amide bonds. The summed E-state index contributed by atoms with van der Waals surface area (Å²) in [4.78, 5) is 12.2. The van der Waals surface area contributed by atoms with Gasteiger partial charge in [0.1, 0.15) is 17.5 Å². The average Bonchev–Trinajstić information content (AvgIpc) is 3.12. The lowest BCUT2D eigenvalue weighted by molar-refractivity contribution is -0.135. The molecule has 0 aliphatic carbocycles. The Morgan fingerprint density at radius 1 is 1.29 bits per heavy atom. The first-order chi connectivity index (χ1) is 13.5. The number of hydrazone groups is 1. The molecule has 3 rings (SSSR count). The van der Waals surface area contributed by atoms with Crippen LogP contribution in [0.3, 0.4) is 0 Å². The molecule has 0 fully saturated rings. The molecule has 2 aromatic rings. The molecule has 1 heterocycles. The van der Waals surface area contributed by atoms with Crippen molar-refractivity contribution < 1.29 is 14.3 Å². The van der Waals surface area contributed by atoms with Crippen molar-refractivity contribution in [2.45, 2.75) is 19.4 Å². The molecule has 1 aliphatic heterocycles. The second-order valence-corrected chi connectivity index (χ2v) is 6.79. The highest BCUT2D eigenvalue weighted by Gasteiger charge is 2.34. The van der Waals surface area contributed by atoms with E-state index >= 15 is 0 Å². The molecule has 1 aliphatic rings. The number of anilines is 1. The van der Waals surface area contributed by atoms with Crippen molar-refractivity contribution in [3.8, 4) is 11.8 Å². The van der Waals surface area contributed by atoms with E-state index in [9.17, 15) is 4.79 Å². The van der Waals surface area contributed by atoms with Crippen LogP contribution >= 0.6 is 23.2 Å². The van der Waals surface area contributed by atoms with Crippen LogP contribution in [0.25, 0.3) is 0 Å². The molecule has 0 radical (unpaired) electrons. The molecular formula is C20H17Cl2N3O3. The van der Waals surface area contributed by atoms with Gasteiger partial charge in [0, 0.05) is 11.4 Å². The van der Waals surface area contributed by atoms with E-state index in [0.29, 0.717) is 33.6 Å². The molecule has 1 unspecified atom stereocenters. The number of carbonyl (C=O) groups excluding carboxylic acids is 1. The van der Waals surface area contributed by atoms with Gasteiger partial charge in [0.05, 0.1) is 23.4 Å². The maximum atomic E-state index is 12.2. The zero-order valence-electron chi connectivity index (χ0n) is 15.1. The van der Waals surface area contributed by atoms with E-state index in [2.05, 4.69) is 5.10 Å². The molecule has 0 bridgehead atoms. The minimum atomic E-state index is -0.450. The summed E-state index contributed by atoms with van der Waals surface area (Å²) >= 11 is 12.4. The fraction of sp³-hybridized carbons (Fsp3) is 0.250. The number of hydrogen-bond donors (Lipinski definition) is 0. The number of nitrogens with zero attached hydrogens (tertiary/aromatic N) is 3. The monoisotopic (exact) mass is 417 g/mol. The summed E-state index contributed by atoms with van der Waals surface area (Å²) in [5.41, 5.74) is 1.88. The number of benzene rings is 2. The fourth-order valence-corrected chi connectivity index (χ4v) is 3.39. The summed E-state index contributed by atoms with van der Waals surface area (Å²) in [5.74, 6) is 0.139. The van der Waals surface area contributed by atoms with Crippen molar-refractivity contribution in [1.29, 1.82) is 5.26 Å². The minimum absolute atomic E-state index is 0.0224. The lowest BCUT2D eigenvalue weighted by Crippen LogP contribution is -2.19. The number of rotatable bonds is 6. The lowest BCUT2D eigenvalue weighted by atomic mass is 10.0. The standard InChI is InChI=1S/C20H17Cl2N3O3/c1-2-27-20(26)17-12-19(13-3-6-15(7-4-13)28-10-9-23)25(24-17)18-8-5-14(21)11-16(18)22/h3-8,11,19H,2,10,12H2,1H3. The van der Waals surface area contributed by atoms with E-state index < -0.39 is 5.97 Å². The van der Waals surface area contributed by atoms with Crippen molar-refractivity contribution in [2.75, 3.05) is 18.2 Å². The Kier molecular flexibility index (Phi) is 6.40. The molecule has 1 atom stereocenters. The zero-order valence-corrected chi connectivity index (χ0v) is 16.6. The minimum Gasteiger partial charge on any atom is -0.479 e. The molecule has 0 saturated carbocycles. The van der Waals surface area contributed by atoms with Gasteiger partial charge < -0.3 is 9.47 Å². The van der Waals surface area contributed by atoms with Crippen molar-refractivity contribution in [1.82, 2.24) is 0 Å². The van der Waals surface area contributed by atoms with Gasteiger partial charge in [0.25, 0.3) is 0 Å². The third-order valence-electron chi connectivity index (χ3n) is 4.15. The molecule has 0 aromatic heterocycles. The van der Waals surface area contributed by atoms with E-state index in [1.54, 1.807) is 42.3 Å². The van der Waals surface area contributed by atoms with Crippen LogP contribution in [-0.2, 0) is 9.53 Å². The van der Waals surface area contributed by atoms with Gasteiger partial charge in [-0.05, 0) is 42.8 Å². The Morgan fingerprint density at radius 3 is 2.68 bits per heavy atom. The highest BCUT2D eigenvalue weighted by Crippen LogP contribution is 2.40. The van der Waals surface area contributed by atoms with E-state index in [-0.39, 0.29) is 19.3 Å². The maximum absolute atomic E-state index is 12.2. The quantitative estimate of drug-likeness (QED) is 0.632. The first-order valence-electron chi connectivity index (χ1n) is 8.62. The van der Waals surface area contributed by atoms with Gasteiger partial charge in [-0.3, -0.25) is 5.01 Å². The maximum Gasteiger partial charge on any atom is 0.354 e. The topological polar surface area (TPSA) is 74.9 Å². The predicted octanol–water partition coefficient (Wildman–Crippen LogP) is 4.77. The van der Waals surface area contributed by atoms with Crippen molar-refractivity contribution in [3.05, 3.63) is 58.1 Å². The summed E-state index contributed by atoms with van der Waals surface area (Å²) in [6, 6.07) is 14.1. The van der Waals surface area contributed by atoms with Crippen LogP contribution in [0, 0.1) is 11.3 Å². The molecule has 0 saturated heterocycles. The van der Waals surface area contributed by atoms with Gasteiger partial charge in [0.15, 0.2) is 6.61 Å². The van der Waals surface area contributed by atoms with Crippen molar-refractivity contribution in [3.63, 3.8) is 0 Å². The highest BCUT2D eigenvalue weighted by atomic mass is 35.5. The van der Waals surface area contributed by atoms with Crippen molar-refractivity contribution >= 4 is 40.6 Å². The van der Waals surface area contributed by atoms with E-state index in [1.807, 2.05) is 18.2 Å². The SMILES string of the molecule is CCOC(=O)C1=NN(c2ccc(Cl)cc2Cl)C(c2ccc(OCC#N)cc2)C1. The van der Waals surface area contributed by atoms with E-state index in [0.717, 1.165) is 5.56 Å². The summed E-state index contributed by atoms with van der Waals surface area (Å²) in [6.45, 7) is 2.00. The molecule has 0 spiro atoms. The first-order valence-corrected chi connectivity index (χ1v) is 9.37. The smallest absolute Gasteiger partial charge is 0.354 e. The molecule has 2 aromatic carbocycles. The van der Waals surface area contributed by atoms with Crippen LogP contribution in [0.15, 0.2) is 47.6 Å². The van der Waals surface area contributed by atoms with Crippen LogP contribution in [0.2, 0.25) is 10.0 Å². The van der Waals surface area contributed by atoms with Crippen LogP contribution in [-0.4, -0.2) is 24.9 Å². The molecule has 144 valence electrons. The van der Waals surface area contributed by atoms with Gasteiger partial charge in [-0.2, -0.15) is 10.4 Å². The molecule has 0 N–H and O–H groups in total. The number of halogens is 2. The number of nitriles is 1. The zero-order chi connectivity index (χ0) is 20.1. The Morgan fingerprint density at radius 2 is 2.04 bits per heavy atom. The summed E-state index contributed by atoms with van der Waals surface area (Å²) in [5, 5.41) is 15.7. The first kappa shape index (κ1) is 20.0. The summed E-state index contributed by atoms with van der Waals surface area (Å²) < 4.78 is 10.4. The van der Waals surface area contributed by atoms with Crippen LogP contribution < -0.4 is 9.75 Å². The van der Waals surface area contributed by atoms with Crippen LogP contribution in [0.4, 0.5) is 5.69 Å². The number of esters is 1. The Hall–Kier alpha value is -2.75. The van der Waals surface area contributed by atoms with Gasteiger partial charge in [-0.1, -0.05) is 35.3 Å². The Bertz CT molecular complexity index is 939. The molecular weight excluding hydrogens is 401 g/mol.